The first-order valence-electron chi connectivity index (χ1n) is 8.42. The van der Waals surface area contributed by atoms with Crippen LogP contribution in [0, 0.1) is 5.82 Å². The number of methoxy groups -OCH3 is 1. The Labute approximate surface area is 153 Å². The number of carbonyl (C=O) groups is 1. The molecule has 0 atom stereocenters. The van der Waals surface area contributed by atoms with Crippen LogP contribution in [0.5, 0.6) is 5.75 Å². The van der Waals surface area contributed by atoms with Crippen LogP contribution in [-0.2, 0) is 22.6 Å². The largest absolute Gasteiger partial charge is 0.467 e. The van der Waals surface area contributed by atoms with Gasteiger partial charge in [-0.05, 0) is 12.1 Å². The second-order valence-corrected chi connectivity index (χ2v) is 6.51. The molecule has 0 unspecified atom stereocenters. The molecule has 2 heterocycles. The number of likely N-dealkylation sites (tertiary alicyclic amines) is 1. The van der Waals surface area contributed by atoms with E-state index in [-0.39, 0.29) is 45.9 Å². The number of fused-ring (bicyclic) bond motifs is 1. The molecule has 2 aliphatic heterocycles. The lowest BCUT2D eigenvalue weighted by Crippen LogP contribution is -2.56. The molecule has 1 aromatic carbocycles. The molecule has 27 heavy (non-hydrogen) atoms. The molecular weight excluding hydrogens is 372 g/mol. The fourth-order valence-electron chi connectivity index (χ4n) is 3.34. The summed E-state index contributed by atoms with van der Waals surface area (Å²) in [7, 11) is 1.03. The zero-order valence-corrected chi connectivity index (χ0v) is 14.7. The van der Waals surface area contributed by atoms with Crippen LogP contribution in [0.4, 0.5) is 22.4 Å². The predicted octanol–water partition coefficient (Wildman–Crippen LogP) is 2.95. The van der Waals surface area contributed by atoms with Gasteiger partial charge in [0.2, 0.25) is 0 Å². The standard InChI is InChI=1S/C17H20F4N2O4/c1-25-16(17(19,20)21)2-4-23(5-3-16)15(24)22-8-11-6-13(18)7-12-9-26-10-27-14(11)12/h6-7H,2-5,8-10H2,1H3,(H,22,24). The molecule has 0 aliphatic carbocycles. The zero-order chi connectivity index (χ0) is 19.7. The van der Waals surface area contributed by atoms with Crippen LogP contribution in [-0.4, -0.2) is 49.7 Å². The highest BCUT2D eigenvalue weighted by Crippen LogP contribution is 2.41. The van der Waals surface area contributed by atoms with Gasteiger partial charge in [0.1, 0.15) is 11.6 Å². The van der Waals surface area contributed by atoms with E-state index in [2.05, 4.69) is 5.32 Å². The van der Waals surface area contributed by atoms with Crippen LogP contribution in [0.15, 0.2) is 12.1 Å². The molecule has 1 aromatic rings. The number of carbonyl (C=O) groups excluding carboxylic acids is 1. The molecule has 0 spiro atoms. The number of piperidine rings is 1. The van der Waals surface area contributed by atoms with Crippen molar-refractivity contribution in [1.29, 1.82) is 0 Å². The summed E-state index contributed by atoms with van der Waals surface area (Å²) < 4.78 is 68.5. The number of amides is 2. The number of nitrogens with one attached hydrogen (secondary N) is 1. The zero-order valence-electron chi connectivity index (χ0n) is 14.7. The monoisotopic (exact) mass is 392 g/mol. The Balaban J connectivity index is 1.61. The third-order valence-electron chi connectivity index (χ3n) is 4.95. The Morgan fingerprint density at radius 1 is 1.33 bits per heavy atom. The summed E-state index contributed by atoms with van der Waals surface area (Å²) in [5, 5.41) is 2.61. The van der Waals surface area contributed by atoms with Crippen molar-refractivity contribution in [2.45, 2.75) is 37.8 Å². The molecule has 10 heteroatoms. The number of hydrogen-bond donors (Lipinski definition) is 1. The molecular formula is C17H20F4N2O4. The van der Waals surface area contributed by atoms with Crippen molar-refractivity contribution in [3.8, 4) is 5.75 Å². The minimum Gasteiger partial charge on any atom is -0.467 e. The lowest BCUT2D eigenvalue weighted by molar-refractivity contribution is -0.281. The first-order chi connectivity index (χ1) is 12.8. The molecule has 2 amide bonds. The summed E-state index contributed by atoms with van der Waals surface area (Å²) in [5.74, 6) is -0.0304. The van der Waals surface area contributed by atoms with Crippen molar-refractivity contribution in [2.24, 2.45) is 0 Å². The van der Waals surface area contributed by atoms with Crippen LogP contribution in [0.1, 0.15) is 24.0 Å². The summed E-state index contributed by atoms with van der Waals surface area (Å²) in [6.07, 6.45) is -5.17. The molecule has 150 valence electrons. The second-order valence-electron chi connectivity index (χ2n) is 6.51. The summed E-state index contributed by atoms with van der Waals surface area (Å²) in [6.45, 7) is 0.0403. The van der Waals surface area contributed by atoms with Gasteiger partial charge in [0.05, 0.1) is 6.61 Å². The highest BCUT2D eigenvalue weighted by molar-refractivity contribution is 5.74. The first-order valence-corrected chi connectivity index (χ1v) is 8.42. The van der Waals surface area contributed by atoms with Crippen molar-refractivity contribution in [2.75, 3.05) is 27.0 Å². The lowest BCUT2D eigenvalue weighted by Gasteiger charge is -2.41. The van der Waals surface area contributed by atoms with Crippen LogP contribution in [0.25, 0.3) is 0 Å². The summed E-state index contributed by atoms with van der Waals surface area (Å²) in [4.78, 5) is 13.6. The number of alkyl halides is 3. The molecule has 6 nitrogen and oxygen atoms in total. The van der Waals surface area contributed by atoms with Gasteiger partial charge in [-0.2, -0.15) is 13.2 Å². The van der Waals surface area contributed by atoms with E-state index in [0.717, 1.165) is 7.11 Å². The number of ether oxygens (including phenoxy) is 3. The normalized spacial score (nSPS) is 19.2. The quantitative estimate of drug-likeness (QED) is 0.804. The fourth-order valence-corrected chi connectivity index (χ4v) is 3.34. The maximum Gasteiger partial charge on any atom is 0.417 e. The fraction of sp³-hybridized carbons (Fsp3) is 0.588. The van der Waals surface area contributed by atoms with Crippen molar-refractivity contribution < 1.29 is 36.6 Å². The molecule has 0 bridgehead atoms. The minimum atomic E-state index is -4.50. The molecule has 0 aromatic heterocycles. The van der Waals surface area contributed by atoms with Crippen LogP contribution in [0.3, 0.4) is 0 Å². The summed E-state index contributed by atoms with van der Waals surface area (Å²) >= 11 is 0. The number of hydrogen-bond acceptors (Lipinski definition) is 4. The number of urea groups is 1. The Morgan fingerprint density at radius 2 is 2.04 bits per heavy atom. The number of benzene rings is 1. The van der Waals surface area contributed by atoms with Gasteiger partial charge in [-0.3, -0.25) is 0 Å². The summed E-state index contributed by atoms with van der Waals surface area (Å²) in [6, 6.07) is 2.03. The topological polar surface area (TPSA) is 60.0 Å². The molecule has 3 rings (SSSR count). The Bertz CT molecular complexity index is 703. The van der Waals surface area contributed by atoms with Gasteiger partial charge in [-0.1, -0.05) is 0 Å². The molecule has 1 N–H and O–H groups in total. The van der Waals surface area contributed by atoms with Crippen molar-refractivity contribution >= 4 is 6.03 Å². The van der Waals surface area contributed by atoms with Gasteiger partial charge >= 0.3 is 12.2 Å². The highest BCUT2D eigenvalue weighted by atomic mass is 19.4. The summed E-state index contributed by atoms with van der Waals surface area (Å²) in [5.41, 5.74) is -1.24. The SMILES string of the molecule is COC1(C(F)(F)F)CCN(C(=O)NCc2cc(F)cc3c2OCOC3)CC1. The molecule has 1 fully saturated rings. The maximum atomic E-state index is 13.7. The van der Waals surface area contributed by atoms with Gasteiger partial charge < -0.3 is 24.4 Å². The number of rotatable bonds is 3. The van der Waals surface area contributed by atoms with E-state index in [1.54, 1.807) is 0 Å². The van der Waals surface area contributed by atoms with Crippen LogP contribution in [0.2, 0.25) is 0 Å². The van der Waals surface area contributed by atoms with Crippen molar-refractivity contribution in [3.63, 3.8) is 0 Å². The van der Waals surface area contributed by atoms with E-state index in [1.807, 2.05) is 0 Å². The molecule has 0 radical (unpaired) electrons. The van der Waals surface area contributed by atoms with E-state index >= 15 is 0 Å². The van der Waals surface area contributed by atoms with Gasteiger partial charge in [-0.25, -0.2) is 9.18 Å². The van der Waals surface area contributed by atoms with E-state index in [0.29, 0.717) is 16.9 Å². The van der Waals surface area contributed by atoms with Crippen LogP contribution < -0.4 is 10.1 Å². The number of halogens is 4. The molecule has 1 saturated heterocycles. The maximum absolute atomic E-state index is 13.7. The minimum absolute atomic E-state index is 0.00980. The van der Waals surface area contributed by atoms with Gasteiger partial charge in [0.15, 0.2) is 12.4 Å². The predicted molar refractivity (Wildman–Crippen MR) is 85.5 cm³/mol. The van der Waals surface area contributed by atoms with Crippen molar-refractivity contribution in [3.05, 3.63) is 29.1 Å². The van der Waals surface area contributed by atoms with E-state index in [4.69, 9.17) is 14.2 Å². The average molecular weight is 392 g/mol. The van der Waals surface area contributed by atoms with E-state index in [1.165, 1.54) is 17.0 Å². The third kappa shape index (κ3) is 3.96. The smallest absolute Gasteiger partial charge is 0.417 e. The average Bonchev–Trinajstić information content (AvgIpc) is 2.64. The van der Waals surface area contributed by atoms with Gasteiger partial charge in [0.25, 0.3) is 0 Å². The molecule has 0 saturated carbocycles. The third-order valence-corrected chi connectivity index (χ3v) is 4.95. The van der Waals surface area contributed by atoms with Crippen LogP contribution >= 0.6 is 0 Å². The van der Waals surface area contributed by atoms with Crippen molar-refractivity contribution in [1.82, 2.24) is 10.2 Å². The van der Waals surface area contributed by atoms with Gasteiger partial charge in [-0.15, -0.1) is 0 Å². The second kappa shape index (κ2) is 7.51. The highest BCUT2D eigenvalue weighted by Gasteiger charge is 2.56. The Hall–Kier alpha value is -2.07. The van der Waals surface area contributed by atoms with E-state index in [9.17, 15) is 22.4 Å². The van der Waals surface area contributed by atoms with E-state index < -0.39 is 23.6 Å². The first kappa shape index (κ1) is 19.7. The lowest BCUT2D eigenvalue weighted by atomic mass is 9.90. The van der Waals surface area contributed by atoms with Gasteiger partial charge in [0, 0.05) is 50.7 Å². The number of nitrogens with zero attached hydrogens (tertiary/aromatic N) is 1. The molecule has 2 aliphatic rings. The Morgan fingerprint density at radius 3 is 2.67 bits per heavy atom. The Kier molecular flexibility index (Phi) is 5.48.